The van der Waals surface area contributed by atoms with Crippen LogP contribution in [0.1, 0.15) is 35.9 Å². The zero-order valence-electron chi connectivity index (χ0n) is 15.1. The average Bonchev–Trinajstić information content (AvgIpc) is 3.22. The standard InChI is InChI=1S/C19H22BrNO5S/c1-2-10-25-17-6-4-3-5-16(17)19(22)21(12-15-7-8-18(20)26-15)14-9-11-27(23,24)13-14/h3-8,14H,2,9-13H2,1H3. The summed E-state index contributed by atoms with van der Waals surface area (Å²) in [5, 5.41) is 0. The first-order valence-corrected chi connectivity index (χ1v) is 11.5. The Labute approximate surface area is 167 Å². The van der Waals surface area contributed by atoms with Gasteiger partial charge in [-0.05, 0) is 53.0 Å². The van der Waals surface area contributed by atoms with Crippen LogP contribution in [0, 0.1) is 0 Å². The van der Waals surface area contributed by atoms with Crippen LogP contribution in [-0.2, 0) is 16.4 Å². The fourth-order valence-electron chi connectivity index (χ4n) is 3.13. The topological polar surface area (TPSA) is 76.8 Å². The van der Waals surface area contributed by atoms with E-state index < -0.39 is 9.84 Å². The van der Waals surface area contributed by atoms with E-state index in [9.17, 15) is 13.2 Å². The summed E-state index contributed by atoms with van der Waals surface area (Å²) in [6.07, 6.45) is 1.25. The lowest BCUT2D eigenvalue weighted by Crippen LogP contribution is -2.40. The zero-order valence-corrected chi connectivity index (χ0v) is 17.5. The van der Waals surface area contributed by atoms with Crippen LogP contribution in [0.2, 0.25) is 0 Å². The summed E-state index contributed by atoms with van der Waals surface area (Å²) in [6.45, 7) is 2.70. The molecule has 8 heteroatoms. The van der Waals surface area contributed by atoms with Gasteiger partial charge in [0.05, 0.1) is 30.2 Å². The number of carbonyl (C=O) groups is 1. The number of ether oxygens (including phenoxy) is 1. The third-order valence-corrected chi connectivity index (χ3v) is 6.62. The predicted octanol–water partition coefficient (Wildman–Crippen LogP) is 3.66. The second kappa shape index (κ2) is 8.48. The van der Waals surface area contributed by atoms with Crippen molar-refractivity contribution < 1.29 is 22.4 Å². The number of hydrogen-bond acceptors (Lipinski definition) is 5. The first kappa shape index (κ1) is 19.9. The normalized spacial score (nSPS) is 18.4. The van der Waals surface area contributed by atoms with E-state index in [1.165, 1.54) is 0 Å². The molecule has 1 aromatic heterocycles. The number of rotatable bonds is 7. The highest BCUT2D eigenvalue weighted by Crippen LogP contribution is 2.27. The lowest BCUT2D eigenvalue weighted by atomic mass is 10.1. The largest absolute Gasteiger partial charge is 0.493 e. The van der Waals surface area contributed by atoms with Gasteiger partial charge in [-0.15, -0.1) is 0 Å². The van der Waals surface area contributed by atoms with Crippen molar-refractivity contribution in [1.82, 2.24) is 4.90 Å². The molecule has 1 aliphatic heterocycles. The number of amides is 1. The van der Waals surface area contributed by atoms with Crippen molar-refractivity contribution in [3.63, 3.8) is 0 Å². The Hall–Kier alpha value is -1.80. The number of hydrogen-bond donors (Lipinski definition) is 0. The SMILES string of the molecule is CCCOc1ccccc1C(=O)N(Cc1ccc(Br)o1)C1CCS(=O)(=O)C1. The van der Waals surface area contributed by atoms with Gasteiger partial charge in [0.15, 0.2) is 14.5 Å². The Morgan fingerprint density at radius 1 is 1.30 bits per heavy atom. The fraction of sp³-hybridized carbons (Fsp3) is 0.421. The summed E-state index contributed by atoms with van der Waals surface area (Å²) in [4.78, 5) is 14.9. The molecule has 1 aliphatic rings. The molecule has 1 unspecified atom stereocenters. The second-order valence-electron chi connectivity index (χ2n) is 6.54. The maximum Gasteiger partial charge on any atom is 0.258 e. The molecule has 0 saturated carbocycles. The van der Waals surface area contributed by atoms with Crippen LogP contribution in [0.3, 0.4) is 0 Å². The predicted molar refractivity (Wildman–Crippen MR) is 106 cm³/mol. The summed E-state index contributed by atoms with van der Waals surface area (Å²) < 4.78 is 35.8. The van der Waals surface area contributed by atoms with Gasteiger partial charge in [-0.2, -0.15) is 0 Å². The summed E-state index contributed by atoms with van der Waals surface area (Å²) in [5.41, 5.74) is 0.431. The highest BCUT2D eigenvalue weighted by atomic mass is 79.9. The number of nitrogens with zero attached hydrogens (tertiary/aromatic N) is 1. The molecule has 1 atom stereocenters. The van der Waals surface area contributed by atoms with Crippen molar-refractivity contribution in [2.75, 3.05) is 18.1 Å². The maximum atomic E-state index is 13.3. The molecule has 2 aromatic rings. The van der Waals surface area contributed by atoms with Crippen molar-refractivity contribution in [1.29, 1.82) is 0 Å². The minimum atomic E-state index is -3.13. The Kier molecular flexibility index (Phi) is 6.26. The van der Waals surface area contributed by atoms with E-state index in [1.54, 1.807) is 35.2 Å². The Morgan fingerprint density at radius 2 is 2.07 bits per heavy atom. The van der Waals surface area contributed by atoms with Crippen LogP contribution in [-0.4, -0.2) is 43.4 Å². The molecule has 1 aromatic carbocycles. The van der Waals surface area contributed by atoms with Gasteiger partial charge in [0.25, 0.3) is 5.91 Å². The first-order valence-electron chi connectivity index (χ1n) is 8.87. The van der Waals surface area contributed by atoms with E-state index in [0.29, 0.717) is 34.8 Å². The van der Waals surface area contributed by atoms with E-state index in [4.69, 9.17) is 9.15 Å². The Morgan fingerprint density at radius 3 is 2.70 bits per heavy atom. The highest BCUT2D eigenvalue weighted by molar-refractivity contribution is 9.10. The van der Waals surface area contributed by atoms with Gasteiger partial charge in [0.1, 0.15) is 11.5 Å². The zero-order chi connectivity index (χ0) is 19.4. The summed E-state index contributed by atoms with van der Waals surface area (Å²) in [5.74, 6) is 0.911. The van der Waals surface area contributed by atoms with Crippen LogP contribution < -0.4 is 4.74 Å². The van der Waals surface area contributed by atoms with Gasteiger partial charge in [0.2, 0.25) is 0 Å². The van der Waals surface area contributed by atoms with E-state index in [2.05, 4.69) is 15.9 Å². The molecule has 1 amide bonds. The highest BCUT2D eigenvalue weighted by Gasteiger charge is 2.36. The third-order valence-electron chi connectivity index (χ3n) is 4.44. The molecule has 0 spiro atoms. The monoisotopic (exact) mass is 455 g/mol. The van der Waals surface area contributed by atoms with Gasteiger partial charge < -0.3 is 14.1 Å². The van der Waals surface area contributed by atoms with Gasteiger partial charge in [0, 0.05) is 6.04 Å². The van der Waals surface area contributed by atoms with E-state index in [0.717, 1.165) is 6.42 Å². The molecular formula is C19H22BrNO5S. The lowest BCUT2D eigenvalue weighted by Gasteiger charge is -2.28. The van der Waals surface area contributed by atoms with E-state index in [-0.39, 0.29) is 30.0 Å². The number of benzene rings is 1. The second-order valence-corrected chi connectivity index (χ2v) is 9.55. The fourth-order valence-corrected chi connectivity index (χ4v) is 5.20. The van der Waals surface area contributed by atoms with Crippen LogP contribution in [0.25, 0.3) is 0 Å². The van der Waals surface area contributed by atoms with E-state index >= 15 is 0 Å². The van der Waals surface area contributed by atoms with E-state index in [1.807, 2.05) is 13.0 Å². The minimum absolute atomic E-state index is 0.0292. The molecule has 0 N–H and O–H groups in total. The van der Waals surface area contributed by atoms with Crippen LogP contribution in [0.4, 0.5) is 0 Å². The molecule has 1 saturated heterocycles. The molecule has 27 heavy (non-hydrogen) atoms. The van der Waals surface area contributed by atoms with Crippen molar-refractivity contribution in [3.8, 4) is 5.75 Å². The summed E-state index contributed by atoms with van der Waals surface area (Å²) >= 11 is 3.26. The van der Waals surface area contributed by atoms with Crippen molar-refractivity contribution in [3.05, 3.63) is 52.4 Å². The number of halogens is 1. The number of furan rings is 1. The van der Waals surface area contributed by atoms with Gasteiger partial charge in [-0.1, -0.05) is 19.1 Å². The van der Waals surface area contributed by atoms with Gasteiger partial charge >= 0.3 is 0 Å². The molecule has 3 rings (SSSR count). The van der Waals surface area contributed by atoms with Crippen molar-refractivity contribution >= 4 is 31.7 Å². The smallest absolute Gasteiger partial charge is 0.258 e. The molecule has 1 fully saturated rings. The lowest BCUT2D eigenvalue weighted by molar-refractivity contribution is 0.0661. The van der Waals surface area contributed by atoms with Gasteiger partial charge in [-0.25, -0.2) is 8.42 Å². The minimum Gasteiger partial charge on any atom is -0.493 e. The van der Waals surface area contributed by atoms with Crippen LogP contribution >= 0.6 is 15.9 Å². The molecule has 146 valence electrons. The first-order chi connectivity index (χ1) is 12.9. The Bertz CT molecular complexity index is 908. The molecule has 0 aliphatic carbocycles. The number of sulfone groups is 1. The quantitative estimate of drug-likeness (QED) is 0.636. The molecule has 0 bridgehead atoms. The van der Waals surface area contributed by atoms with Crippen LogP contribution in [0.5, 0.6) is 5.75 Å². The molecular weight excluding hydrogens is 434 g/mol. The molecule has 6 nitrogen and oxygen atoms in total. The number of para-hydroxylation sites is 1. The maximum absolute atomic E-state index is 13.3. The molecule has 0 radical (unpaired) electrons. The van der Waals surface area contributed by atoms with Crippen molar-refractivity contribution in [2.45, 2.75) is 32.4 Å². The van der Waals surface area contributed by atoms with Crippen molar-refractivity contribution in [2.24, 2.45) is 0 Å². The average molecular weight is 456 g/mol. The summed E-state index contributed by atoms with van der Waals surface area (Å²) in [7, 11) is -3.13. The number of carbonyl (C=O) groups excluding carboxylic acids is 1. The Balaban J connectivity index is 1.91. The molecule has 2 heterocycles. The third kappa shape index (κ3) is 4.93. The van der Waals surface area contributed by atoms with Crippen LogP contribution in [0.15, 0.2) is 45.5 Å². The summed E-state index contributed by atoms with van der Waals surface area (Å²) in [6, 6.07) is 10.2. The van der Waals surface area contributed by atoms with Gasteiger partial charge in [-0.3, -0.25) is 4.79 Å².